The minimum atomic E-state index is -1.47. The summed E-state index contributed by atoms with van der Waals surface area (Å²) >= 11 is 0. The van der Waals surface area contributed by atoms with Gasteiger partial charge in [0.25, 0.3) is 0 Å². The lowest BCUT2D eigenvalue weighted by Gasteiger charge is -2.47. The van der Waals surface area contributed by atoms with Gasteiger partial charge in [0.05, 0.1) is 43.6 Å². The Morgan fingerprint density at radius 2 is 1.17 bits per heavy atom. The number of nitrogens with two attached hydrogens (primary N) is 4. The largest absolute Gasteiger partial charge is 0.394 e. The van der Waals surface area contributed by atoms with E-state index in [2.05, 4.69) is 0 Å². The van der Waals surface area contributed by atoms with Crippen molar-refractivity contribution in [2.45, 2.75) is 136 Å². The Morgan fingerprint density at radius 3 is 1.76 bits per heavy atom. The van der Waals surface area contributed by atoms with Gasteiger partial charge in [0.2, 0.25) is 0 Å². The van der Waals surface area contributed by atoms with Crippen LogP contribution in [0.3, 0.4) is 0 Å². The van der Waals surface area contributed by atoms with Gasteiger partial charge in [-0.25, -0.2) is 0 Å². The first-order valence-corrected chi connectivity index (χ1v) is 14.0. The van der Waals surface area contributed by atoms with Crippen LogP contribution in [0.2, 0.25) is 0 Å². The van der Waals surface area contributed by atoms with Gasteiger partial charge in [0, 0.05) is 18.5 Å². The normalized spacial score (nSPS) is 53.0. The molecule has 18 unspecified atom stereocenters. The Balaban J connectivity index is 1.45. The molecule has 17 nitrogen and oxygen atoms in total. The predicted octanol–water partition coefficient (Wildman–Crippen LogP) is -6.38. The Hall–Kier alpha value is -0.680. The standard InChI is InChI=1S/C24H46N4O13/c1-2-9-17(32)19(34)14(27)23(37-9)38-10-4-13(36-11(10)5-29)40-22-16(31)7(25)3-8(26)21(22)41-24-15(28)20(35)18(33)12(6-30)39-24/h7-24,29-35H,2-6,25-28H2,1H3. The molecule has 1 aliphatic carbocycles. The summed E-state index contributed by atoms with van der Waals surface area (Å²) < 4.78 is 35.2. The number of hydrogen-bond acceptors (Lipinski definition) is 17. The Kier molecular flexibility index (Phi) is 11.3. The molecular weight excluding hydrogens is 552 g/mol. The SMILES string of the molecule is CCC1OC(OC2CC(OC3C(O)C(N)CC(N)C3OC3OC(CO)C(O)C(O)C3N)OC2CO)C(N)C(O)C1O. The van der Waals surface area contributed by atoms with Crippen molar-refractivity contribution in [3.8, 4) is 0 Å². The van der Waals surface area contributed by atoms with E-state index >= 15 is 0 Å². The van der Waals surface area contributed by atoms with Crippen LogP contribution in [-0.2, 0) is 28.4 Å². The van der Waals surface area contributed by atoms with Crippen LogP contribution >= 0.6 is 0 Å². The maximum Gasteiger partial charge on any atom is 0.176 e. The van der Waals surface area contributed by atoms with Gasteiger partial charge >= 0.3 is 0 Å². The van der Waals surface area contributed by atoms with E-state index < -0.39 is 123 Å². The molecule has 17 heteroatoms. The van der Waals surface area contributed by atoms with Gasteiger partial charge in [-0.2, -0.15) is 0 Å². The van der Waals surface area contributed by atoms with Crippen molar-refractivity contribution in [2.24, 2.45) is 22.9 Å². The fourth-order valence-electron chi connectivity index (χ4n) is 5.82. The molecular formula is C24H46N4O13. The van der Waals surface area contributed by atoms with Crippen LogP contribution in [0.1, 0.15) is 26.2 Å². The number of hydrogen-bond donors (Lipinski definition) is 11. The molecule has 3 aliphatic heterocycles. The molecule has 0 spiro atoms. The van der Waals surface area contributed by atoms with Crippen molar-refractivity contribution < 1.29 is 64.2 Å². The van der Waals surface area contributed by atoms with Gasteiger partial charge in [-0.15, -0.1) is 0 Å². The van der Waals surface area contributed by atoms with E-state index in [1.165, 1.54) is 0 Å². The molecule has 4 aliphatic rings. The van der Waals surface area contributed by atoms with E-state index in [0.29, 0.717) is 6.42 Å². The van der Waals surface area contributed by atoms with E-state index in [0.717, 1.165) is 0 Å². The molecule has 0 radical (unpaired) electrons. The third kappa shape index (κ3) is 6.86. The Bertz CT molecular complexity index is 832. The molecule has 0 aromatic rings. The van der Waals surface area contributed by atoms with E-state index in [-0.39, 0.29) is 12.8 Å². The van der Waals surface area contributed by atoms with Crippen molar-refractivity contribution in [3.05, 3.63) is 0 Å². The van der Waals surface area contributed by atoms with Crippen LogP contribution in [0, 0.1) is 0 Å². The van der Waals surface area contributed by atoms with Crippen molar-refractivity contribution in [1.29, 1.82) is 0 Å². The topological polar surface area (TPSA) is 301 Å². The van der Waals surface area contributed by atoms with Crippen molar-refractivity contribution in [3.63, 3.8) is 0 Å². The number of ether oxygens (including phenoxy) is 6. The molecule has 18 atom stereocenters. The summed E-state index contributed by atoms with van der Waals surface area (Å²) in [5, 5.41) is 71.4. The monoisotopic (exact) mass is 598 g/mol. The van der Waals surface area contributed by atoms with Crippen LogP contribution in [0.5, 0.6) is 0 Å². The molecule has 0 aromatic heterocycles. The molecule has 0 aromatic carbocycles. The fraction of sp³-hybridized carbons (Fsp3) is 1.00. The second-order valence-corrected chi connectivity index (χ2v) is 11.2. The number of aliphatic hydroxyl groups excluding tert-OH is 7. The molecule has 240 valence electrons. The quantitative estimate of drug-likeness (QED) is 0.117. The van der Waals surface area contributed by atoms with Crippen molar-refractivity contribution >= 4 is 0 Å². The molecule has 1 saturated carbocycles. The molecule has 15 N–H and O–H groups in total. The average Bonchev–Trinajstić information content (AvgIpc) is 3.34. The van der Waals surface area contributed by atoms with Gasteiger partial charge in [-0.05, 0) is 12.8 Å². The Labute approximate surface area is 237 Å². The number of aliphatic hydroxyl groups is 7. The summed E-state index contributed by atoms with van der Waals surface area (Å²) in [6.07, 6.45) is -15.4. The summed E-state index contributed by atoms with van der Waals surface area (Å²) in [6.45, 7) is 0.696. The first-order chi connectivity index (χ1) is 19.4. The maximum atomic E-state index is 11.0. The minimum absolute atomic E-state index is 0.0462. The first kappa shape index (κ1) is 33.2. The summed E-state index contributed by atoms with van der Waals surface area (Å²) in [5.74, 6) is 0. The zero-order valence-electron chi connectivity index (χ0n) is 22.8. The highest BCUT2D eigenvalue weighted by atomic mass is 16.7. The van der Waals surface area contributed by atoms with Crippen LogP contribution in [0.4, 0.5) is 0 Å². The first-order valence-electron chi connectivity index (χ1n) is 14.0. The molecule has 0 bridgehead atoms. The summed E-state index contributed by atoms with van der Waals surface area (Å²) in [7, 11) is 0. The lowest BCUT2D eigenvalue weighted by atomic mass is 9.84. The zero-order valence-corrected chi connectivity index (χ0v) is 22.8. The minimum Gasteiger partial charge on any atom is -0.394 e. The highest BCUT2D eigenvalue weighted by Crippen LogP contribution is 2.34. The number of rotatable bonds is 9. The molecule has 4 rings (SSSR count). The van der Waals surface area contributed by atoms with Gasteiger partial charge in [-0.3, -0.25) is 0 Å². The third-order valence-electron chi connectivity index (χ3n) is 8.40. The Morgan fingerprint density at radius 1 is 0.610 bits per heavy atom. The molecule has 4 fully saturated rings. The summed E-state index contributed by atoms with van der Waals surface area (Å²) in [6, 6.07) is -3.85. The molecule has 3 saturated heterocycles. The summed E-state index contributed by atoms with van der Waals surface area (Å²) in [4.78, 5) is 0. The van der Waals surface area contributed by atoms with Gasteiger partial charge in [0.1, 0.15) is 48.8 Å². The predicted molar refractivity (Wildman–Crippen MR) is 136 cm³/mol. The smallest absolute Gasteiger partial charge is 0.176 e. The second kappa shape index (κ2) is 14.0. The van der Waals surface area contributed by atoms with Crippen LogP contribution in [0.25, 0.3) is 0 Å². The lowest BCUT2D eigenvalue weighted by Crippen LogP contribution is -2.67. The van der Waals surface area contributed by atoms with Gasteiger partial charge in [0.15, 0.2) is 18.9 Å². The van der Waals surface area contributed by atoms with Crippen LogP contribution < -0.4 is 22.9 Å². The zero-order chi connectivity index (χ0) is 30.2. The van der Waals surface area contributed by atoms with E-state index in [4.69, 9.17) is 51.4 Å². The fourth-order valence-corrected chi connectivity index (χ4v) is 5.82. The van der Waals surface area contributed by atoms with E-state index in [9.17, 15) is 35.7 Å². The average molecular weight is 599 g/mol. The summed E-state index contributed by atoms with van der Waals surface area (Å²) in [5.41, 5.74) is 24.5. The lowest BCUT2D eigenvalue weighted by molar-refractivity contribution is -0.307. The molecule has 41 heavy (non-hydrogen) atoms. The van der Waals surface area contributed by atoms with Crippen molar-refractivity contribution in [1.82, 2.24) is 0 Å². The third-order valence-corrected chi connectivity index (χ3v) is 8.40. The van der Waals surface area contributed by atoms with E-state index in [1.807, 2.05) is 0 Å². The van der Waals surface area contributed by atoms with E-state index in [1.54, 1.807) is 6.92 Å². The molecule has 0 amide bonds. The van der Waals surface area contributed by atoms with Gasteiger partial charge in [-0.1, -0.05) is 6.92 Å². The second-order valence-electron chi connectivity index (χ2n) is 11.2. The highest BCUT2D eigenvalue weighted by Gasteiger charge is 2.51. The highest BCUT2D eigenvalue weighted by molar-refractivity contribution is 5.01. The maximum absolute atomic E-state index is 11.0. The van der Waals surface area contributed by atoms with Crippen LogP contribution in [-0.4, -0.2) is 159 Å². The molecule has 3 heterocycles. The van der Waals surface area contributed by atoms with Crippen molar-refractivity contribution in [2.75, 3.05) is 13.2 Å². The van der Waals surface area contributed by atoms with Crippen LogP contribution in [0.15, 0.2) is 0 Å². The van der Waals surface area contributed by atoms with Gasteiger partial charge < -0.3 is 87.1 Å².